The lowest BCUT2D eigenvalue weighted by Gasteiger charge is -2.22. The molecule has 0 spiro atoms. The molecule has 0 radical (unpaired) electrons. The number of carbonyl (C=O) groups is 1. The Kier molecular flexibility index (Phi) is 4.47. The number of esters is 1. The molecule has 1 rings (SSSR count). The van der Waals surface area contributed by atoms with Crippen LogP contribution in [0, 0.1) is 16.7 Å². The lowest BCUT2D eigenvalue weighted by atomic mass is 9.80. The summed E-state index contributed by atoms with van der Waals surface area (Å²) in [4.78, 5) is 11.8. The monoisotopic (exact) mass is 229 g/mol. The van der Waals surface area contributed by atoms with E-state index >= 15 is 0 Å². The van der Waals surface area contributed by atoms with Crippen molar-refractivity contribution in [3.8, 4) is 6.07 Å². The van der Waals surface area contributed by atoms with Gasteiger partial charge in [0.1, 0.15) is 0 Å². The number of hydrogen-bond donors (Lipinski definition) is 0. The number of nitriles is 1. The van der Waals surface area contributed by atoms with E-state index in [9.17, 15) is 10.1 Å². The van der Waals surface area contributed by atoms with Crippen molar-refractivity contribution in [2.24, 2.45) is 5.41 Å². The summed E-state index contributed by atoms with van der Waals surface area (Å²) in [5.41, 5.74) is -0.237. The van der Waals surface area contributed by atoms with Gasteiger partial charge in [-0.15, -0.1) is 6.58 Å². The molecule has 1 atom stereocenters. The molecule has 0 heterocycles. The molecular formula is C14H15NO2. The van der Waals surface area contributed by atoms with Gasteiger partial charge in [-0.1, -0.05) is 36.4 Å². The van der Waals surface area contributed by atoms with Crippen molar-refractivity contribution in [1.82, 2.24) is 0 Å². The Morgan fingerprint density at radius 1 is 1.53 bits per heavy atom. The van der Waals surface area contributed by atoms with Gasteiger partial charge >= 0.3 is 5.97 Å². The molecule has 0 amide bonds. The molecule has 0 saturated carbocycles. The summed E-state index contributed by atoms with van der Waals surface area (Å²) in [5.74, 6) is -0.510. The third-order valence-electron chi connectivity index (χ3n) is 2.63. The van der Waals surface area contributed by atoms with E-state index in [0.29, 0.717) is 6.42 Å². The van der Waals surface area contributed by atoms with Crippen LogP contribution in [0.15, 0.2) is 43.0 Å². The van der Waals surface area contributed by atoms with Gasteiger partial charge in [-0.05, 0) is 12.0 Å². The summed E-state index contributed by atoms with van der Waals surface area (Å²) < 4.78 is 4.72. The van der Waals surface area contributed by atoms with Gasteiger partial charge in [0, 0.05) is 6.42 Å². The van der Waals surface area contributed by atoms with Crippen LogP contribution in [0.3, 0.4) is 0 Å². The smallest absolute Gasteiger partial charge is 0.326 e. The summed E-state index contributed by atoms with van der Waals surface area (Å²) in [6, 6.07) is 11.5. The standard InChI is InChI=1S/C14H15NO2/c1-3-9-14(11-15,13(16)17-2)10-12-7-5-4-6-8-12/h3-8H,1,9-10H2,2H3. The normalized spacial score (nSPS) is 13.2. The van der Waals surface area contributed by atoms with Crippen molar-refractivity contribution in [3.05, 3.63) is 48.6 Å². The maximum absolute atomic E-state index is 11.8. The molecule has 1 aromatic rings. The van der Waals surface area contributed by atoms with Crippen molar-refractivity contribution in [2.45, 2.75) is 12.8 Å². The Bertz CT molecular complexity index is 433. The van der Waals surface area contributed by atoms with Gasteiger partial charge in [-0.3, -0.25) is 4.79 Å². The van der Waals surface area contributed by atoms with Crippen LogP contribution < -0.4 is 0 Å². The van der Waals surface area contributed by atoms with Crippen molar-refractivity contribution in [1.29, 1.82) is 5.26 Å². The lowest BCUT2D eigenvalue weighted by molar-refractivity contribution is -0.149. The largest absolute Gasteiger partial charge is 0.468 e. The number of nitrogens with zero attached hydrogens (tertiary/aromatic N) is 1. The van der Waals surface area contributed by atoms with Crippen LogP contribution in [-0.4, -0.2) is 13.1 Å². The zero-order valence-corrected chi connectivity index (χ0v) is 9.85. The fourth-order valence-corrected chi connectivity index (χ4v) is 1.74. The number of allylic oxidation sites excluding steroid dienone is 1. The van der Waals surface area contributed by atoms with Gasteiger partial charge < -0.3 is 4.74 Å². The zero-order valence-electron chi connectivity index (χ0n) is 9.85. The lowest BCUT2D eigenvalue weighted by Crippen LogP contribution is -2.32. The Morgan fingerprint density at radius 2 is 2.18 bits per heavy atom. The molecule has 3 nitrogen and oxygen atoms in total. The summed E-state index contributed by atoms with van der Waals surface area (Å²) >= 11 is 0. The first-order valence-electron chi connectivity index (χ1n) is 5.33. The summed E-state index contributed by atoms with van der Waals surface area (Å²) in [6.45, 7) is 3.59. The van der Waals surface area contributed by atoms with Crippen molar-refractivity contribution in [2.75, 3.05) is 7.11 Å². The predicted octanol–water partition coefficient (Wildman–Crippen LogP) is 2.49. The average molecular weight is 229 g/mol. The van der Waals surface area contributed by atoms with Crippen LogP contribution >= 0.6 is 0 Å². The molecule has 0 aromatic heterocycles. The molecule has 0 fully saturated rings. The first-order valence-corrected chi connectivity index (χ1v) is 5.33. The molecule has 17 heavy (non-hydrogen) atoms. The number of hydrogen-bond acceptors (Lipinski definition) is 3. The topological polar surface area (TPSA) is 50.1 Å². The van der Waals surface area contributed by atoms with Crippen LogP contribution in [0.1, 0.15) is 12.0 Å². The second-order valence-corrected chi connectivity index (χ2v) is 3.84. The van der Waals surface area contributed by atoms with E-state index in [0.717, 1.165) is 5.56 Å². The van der Waals surface area contributed by atoms with E-state index < -0.39 is 11.4 Å². The fourth-order valence-electron chi connectivity index (χ4n) is 1.74. The highest BCUT2D eigenvalue weighted by atomic mass is 16.5. The third kappa shape index (κ3) is 2.94. The highest BCUT2D eigenvalue weighted by Gasteiger charge is 2.38. The van der Waals surface area contributed by atoms with Crippen LogP contribution in [0.25, 0.3) is 0 Å². The average Bonchev–Trinajstić information content (AvgIpc) is 2.38. The third-order valence-corrected chi connectivity index (χ3v) is 2.63. The molecule has 0 bridgehead atoms. The molecule has 0 aliphatic rings. The molecular weight excluding hydrogens is 214 g/mol. The van der Waals surface area contributed by atoms with Crippen molar-refractivity contribution < 1.29 is 9.53 Å². The minimum Gasteiger partial charge on any atom is -0.468 e. The number of carbonyl (C=O) groups excluding carboxylic acids is 1. The van der Waals surface area contributed by atoms with Crippen LogP contribution in [0.5, 0.6) is 0 Å². The molecule has 0 aliphatic heterocycles. The van der Waals surface area contributed by atoms with Crippen LogP contribution in [-0.2, 0) is 16.0 Å². The SMILES string of the molecule is C=CCC(C#N)(Cc1ccccc1)C(=O)OC. The highest BCUT2D eigenvalue weighted by Crippen LogP contribution is 2.28. The van der Waals surface area contributed by atoms with E-state index in [1.54, 1.807) is 6.08 Å². The molecule has 0 saturated heterocycles. The fraction of sp³-hybridized carbons (Fsp3) is 0.286. The molecule has 1 unspecified atom stereocenters. The minimum atomic E-state index is -1.17. The van der Waals surface area contributed by atoms with Crippen LogP contribution in [0.2, 0.25) is 0 Å². The van der Waals surface area contributed by atoms with Gasteiger partial charge in [0.2, 0.25) is 0 Å². The van der Waals surface area contributed by atoms with Gasteiger partial charge in [0.15, 0.2) is 5.41 Å². The van der Waals surface area contributed by atoms with Gasteiger partial charge in [-0.25, -0.2) is 0 Å². The maximum Gasteiger partial charge on any atom is 0.326 e. The van der Waals surface area contributed by atoms with Crippen molar-refractivity contribution in [3.63, 3.8) is 0 Å². The van der Waals surface area contributed by atoms with Gasteiger partial charge in [-0.2, -0.15) is 5.26 Å². The van der Waals surface area contributed by atoms with E-state index in [1.165, 1.54) is 7.11 Å². The Morgan fingerprint density at radius 3 is 2.65 bits per heavy atom. The Balaban J connectivity index is 3.03. The van der Waals surface area contributed by atoms with E-state index in [-0.39, 0.29) is 6.42 Å². The first kappa shape index (κ1) is 13.0. The minimum absolute atomic E-state index is 0.283. The molecule has 0 aliphatic carbocycles. The quantitative estimate of drug-likeness (QED) is 0.575. The van der Waals surface area contributed by atoms with Gasteiger partial charge in [0.05, 0.1) is 13.2 Å². The molecule has 0 N–H and O–H groups in total. The maximum atomic E-state index is 11.8. The molecule has 3 heteroatoms. The number of methoxy groups -OCH3 is 1. The predicted molar refractivity (Wildman–Crippen MR) is 65.0 cm³/mol. The number of ether oxygens (including phenoxy) is 1. The second kappa shape index (κ2) is 5.86. The Hall–Kier alpha value is -2.08. The number of benzene rings is 1. The highest BCUT2D eigenvalue weighted by molar-refractivity contribution is 5.80. The van der Waals surface area contributed by atoms with Crippen molar-refractivity contribution >= 4 is 5.97 Å². The summed E-state index contributed by atoms with van der Waals surface area (Å²) in [6.07, 6.45) is 2.19. The van der Waals surface area contributed by atoms with E-state index in [1.807, 2.05) is 30.3 Å². The number of rotatable bonds is 5. The summed E-state index contributed by atoms with van der Waals surface area (Å²) in [5, 5.41) is 9.27. The molecule has 1 aromatic carbocycles. The zero-order chi connectivity index (χ0) is 12.7. The van der Waals surface area contributed by atoms with E-state index in [4.69, 9.17) is 4.74 Å². The van der Waals surface area contributed by atoms with E-state index in [2.05, 4.69) is 12.6 Å². The van der Waals surface area contributed by atoms with Crippen LogP contribution in [0.4, 0.5) is 0 Å². The first-order chi connectivity index (χ1) is 8.18. The second-order valence-electron chi connectivity index (χ2n) is 3.84. The van der Waals surface area contributed by atoms with Gasteiger partial charge in [0.25, 0.3) is 0 Å². The Labute approximate surface area is 101 Å². The summed E-state index contributed by atoms with van der Waals surface area (Å²) in [7, 11) is 1.29. The molecule has 88 valence electrons.